The summed E-state index contributed by atoms with van der Waals surface area (Å²) in [6.07, 6.45) is 0.194. The number of hydrogen-bond donors (Lipinski definition) is 3. The fourth-order valence-corrected chi connectivity index (χ4v) is 2.21. The summed E-state index contributed by atoms with van der Waals surface area (Å²) in [7, 11) is 0. The van der Waals surface area contributed by atoms with E-state index in [0.717, 1.165) is 0 Å². The largest absolute Gasteiger partial charge is 0.490 e. The molecule has 3 N–H and O–H groups in total. The first-order valence-corrected chi connectivity index (χ1v) is 7.91. The Kier molecular flexibility index (Phi) is 8.05. The van der Waals surface area contributed by atoms with Gasteiger partial charge in [-0.05, 0) is 44.4 Å². The van der Waals surface area contributed by atoms with Crippen LogP contribution in [0.5, 0.6) is 11.5 Å². The highest BCUT2D eigenvalue weighted by molar-refractivity contribution is 5.94. The molecule has 7 heteroatoms. The van der Waals surface area contributed by atoms with Gasteiger partial charge in [-0.25, -0.2) is 4.79 Å². The van der Waals surface area contributed by atoms with E-state index < -0.39 is 18.7 Å². The third-order valence-corrected chi connectivity index (χ3v) is 3.21. The molecule has 1 amide bonds. The first-order chi connectivity index (χ1) is 11.3. The van der Waals surface area contributed by atoms with Crippen molar-refractivity contribution in [2.24, 2.45) is 5.92 Å². The zero-order valence-corrected chi connectivity index (χ0v) is 14.2. The van der Waals surface area contributed by atoms with E-state index in [-0.39, 0.29) is 17.6 Å². The molecule has 0 saturated heterocycles. The van der Waals surface area contributed by atoms with Crippen LogP contribution < -0.4 is 14.8 Å². The molecule has 0 radical (unpaired) electrons. The molecule has 0 fully saturated rings. The lowest BCUT2D eigenvalue weighted by molar-refractivity contribution is -0.139. The summed E-state index contributed by atoms with van der Waals surface area (Å²) in [4.78, 5) is 22.8. The van der Waals surface area contributed by atoms with E-state index in [1.54, 1.807) is 19.9 Å². The Balaban J connectivity index is 2.74. The first-order valence-electron chi connectivity index (χ1n) is 7.91. The van der Waals surface area contributed by atoms with Crippen molar-refractivity contribution in [3.05, 3.63) is 23.8 Å². The Morgan fingerprint density at radius 2 is 1.92 bits per heavy atom. The molecule has 1 aromatic carbocycles. The van der Waals surface area contributed by atoms with Crippen LogP contribution in [-0.2, 0) is 4.79 Å². The van der Waals surface area contributed by atoms with Crippen molar-refractivity contribution in [2.45, 2.75) is 33.3 Å². The van der Waals surface area contributed by atoms with E-state index in [9.17, 15) is 14.7 Å². The maximum atomic E-state index is 12.2. The van der Waals surface area contributed by atoms with Crippen molar-refractivity contribution in [1.82, 2.24) is 5.32 Å². The molecule has 1 aromatic rings. The van der Waals surface area contributed by atoms with Gasteiger partial charge in [-0.3, -0.25) is 4.79 Å². The molecule has 7 nitrogen and oxygen atoms in total. The summed E-state index contributed by atoms with van der Waals surface area (Å²) < 4.78 is 10.6. The van der Waals surface area contributed by atoms with E-state index in [4.69, 9.17) is 14.6 Å². The lowest BCUT2D eigenvalue weighted by Crippen LogP contribution is -2.29. The summed E-state index contributed by atoms with van der Waals surface area (Å²) in [6.45, 7) is 5.77. The Hall–Kier alpha value is -2.28. The highest BCUT2D eigenvalue weighted by Gasteiger charge is 2.14. The molecule has 0 aliphatic heterocycles. The van der Waals surface area contributed by atoms with Crippen LogP contribution in [0.15, 0.2) is 18.2 Å². The zero-order chi connectivity index (χ0) is 18.1. The van der Waals surface area contributed by atoms with Gasteiger partial charge in [0.05, 0.1) is 12.7 Å². The van der Waals surface area contributed by atoms with Crippen molar-refractivity contribution in [3.63, 3.8) is 0 Å². The highest BCUT2D eigenvalue weighted by Crippen LogP contribution is 2.28. The Labute approximate surface area is 141 Å². The molecule has 0 aliphatic carbocycles. The standard InChI is InChI=1S/C17H25NO6/c1-4-23-15-8-13(5-6-14(15)24-10-16(20)21)17(22)18-9-11(2)7-12(3)19/h5-6,8,11-12,19H,4,7,9-10H2,1-3H3,(H,18,22)(H,20,21). The molecule has 1 rings (SSSR count). The lowest BCUT2D eigenvalue weighted by Gasteiger charge is -2.15. The van der Waals surface area contributed by atoms with Crippen LogP contribution in [0.3, 0.4) is 0 Å². The number of ether oxygens (including phenoxy) is 2. The van der Waals surface area contributed by atoms with Crippen molar-refractivity contribution in [1.29, 1.82) is 0 Å². The van der Waals surface area contributed by atoms with Gasteiger partial charge >= 0.3 is 5.97 Å². The number of carbonyl (C=O) groups excluding carboxylic acids is 1. The van der Waals surface area contributed by atoms with Gasteiger partial charge in [0.1, 0.15) is 0 Å². The van der Waals surface area contributed by atoms with Crippen molar-refractivity contribution in [3.8, 4) is 11.5 Å². The van der Waals surface area contributed by atoms with Crippen molar-refractivity contribution in [2.75, 3.05) is 19.8 Å². The average molecular weight is 339 g/mol. The highest BCUT2D eigenvalue weighted by atomic mass is 16.5. The molecular formula is C17H25NO6. The van der Waals surface area contributed by atoms with Crippen LogP contribution in [-0.4, -0.2) is 48.0 Å². The van der Waals surface area contributed by atoms with E-state index >= 15 is 0 Å². The summed E-state index contributed by atoms with van der Waals surface area (Å²) in [6, 6.07) is 4.59. The van der Waals surface area contributed by atoms with Gasteiger partial charge in [-0.2, -0.15) is 0 Å². The number of carboxylic acids is 1. The minimum Gasteiger partial charge on any atom is -0.490 e. The van der Waals surface area contributed by atoms with E-state index in [0.29, 0.717) is 30.9 Å². The maximum Gasteiger partial charge on any atom is 0.341 e. The molecule has 2 unspecified atom stereocenters. The molecule has 24 heavy (non-hydrogen) atoms. The summed E-state index contributed by atoms with van der Waals surface area (Å²) in [5.74, 6) is -0.607. The van der Waals surface area contributed by atoms with E-state index in [2.05, 4.69) is 5.32 Å². The quantitative estimate of drug-likeness (QED) is 0.599. The molecule has 0 spiro atoms. The minimum atomic E-state index is -1.09. The van der Waals surface area contributed by atoms with Crippen LogP contribution in [0.4, 0.5) is 0 Å². The summed E-state index contributed by atoms with van der Waals surface area (Å²) in [5.41, 5.74) is 0.394. The number of carboxylic acid groups (broad SMARTS) is 1. The number of aliphatic hydroxyl groups is 1. The second-order valence-corrected chi connectivity index (χ2v) is 5.68. The number of rotatable bonds is 10. The Morgan fingerprint density at radius 3 is 2.50 bits per heavy atom. The monoisotopic (exact) mass is 339 g/mol. The predicted octanol–water partition coefficient (Wildman–Crippen LogP) is 1.69. The minimum absolute atomic E-state index is 0.151. The fourth-order valence-electron chi connectivity index (χ4n) is 2.21. The summed E-state index contributed by atoms with van der Waals surface area (Å²) in [5, 5.41) is 20.8. The summed E-state index contributed by atoms with van der Waals surface area (Å²) >= 11 is 0. The average Bonchev–Trinajstić information content (AvgIpc) is 2.50. The third-order valence-electron chi connectivity index (χ3n) is 3.21. The van der Waals surface area contributed by atoms with E-state index in [1.165, 1.54) is 12.1 Å². The van der Waals surface area contributed by atoms with Gasteiger partial charge in [0.25, 0.3) is 5.91 Å². The third kappa shape index (κ3) is 6.87. The predicted molar refractivity (Wildman–Crippen MR) is 88.5 cm³/mol. The molecular weight excluding hydrogens is 314 g/mol. The smallest absolute Gasteiger partial charge is 0.341 e. The number of benzene rings is 1. The molecule has 134 valence electrons. The number of aliphatic carboxylic acids is 1. The van der Waals surface area contributed by atoms with Crippen molar-refractivity contribution >= 4 is 11.9 Å². The lowest BCUT2D eigenvalue weighted by atomic mass is 10.0. The van der Waals surface area contributed by atoms with Crippen LogP contribution in [0.25, 0.3) is 0 Å². The molecule has 2 atom stereocenters. The van der Waals surface area contributed by atoms with Crippen LogP contribution in [0, 0.1) is 5.92 Å². The molecule has 0 saturated carbocycles. The molecule has 0 bridgehead atoms. The van der Waals surface area contributed by atoms with Gasteiger partial charge in [0.15, 0.2) is 18.1 Å². The van der Waals surface area contributed by atoms with Gasteiger partial charge in [0.2, 0.25) is 0 Å². The first kappa shape index (κ1) is 19.8. The normalized spacial score (nSPS) is 13.0. The topological polar surface area (TPSA) is 105 Å². The zero-order valence-electron chi connectivity index (χ0n) is 14.2. The maximum absolute atomic E-state index is 12.2. The van der Waals surface area contributed by atoms with Crippen LogP contribution >= 0.6 is 0 Å². The fraction of sp³-hybridized carbons (Fsp3) is 0.529. The second-order valence-electron chi connectivity index (χ2n) is 5.68. The number of amides is 1. The molecule has 0 aliphatic rings. The second kappa shape index (κ2) is 9.77. The van der Waals surface area contributed by atoms with Gasteiger partial charge in [0, 0.05) is 12.1 Å². The molecule has 0 heterocycles. The van der Waals surface area contributed by atoms with Crippen molar-refractivity contribution < 1.29 is 29.3 Å². The Morgan fingerprint density at radius 1 is 1.21 bits per heavy atom. The molecule has 0 aromatic heterocycles. The number of aliphatic hydroxyl groups excluding tert-OH is 1. The Bertz CT molecular complexity index is 558. The number of nitrogens with one attached hydrogen (secondary N) is 1. The van der Waals surface area contributed by atoms with Gasteiger partial charge in [-0.1, -0.05) is 6.92 Å². The SMILES string of the molecule is CCOc1cc(C(=O)NCC(C)CC(C)O)ccc1OCC(=O)O. The van der Waals surface area contributed by atoms with E-state index in [1.807, 2.05) is 6.92 Å². The number of carbonyl (C=O) groups is 2. The number of hydrogen-bond acceptors (Lipinski definition) is 5. The van der Waals surface area contributed by atoms with Crippen LogP contribution in [0.2, 0.25) is 0 Å². The van der Waals surface area contributed by atoms with Crippen LogP contribution in [0.1, 0.15) is 37.6 Å². The van der Waals surface area contributed by atoms with Gasteiger partial charge in [-0.15, -0.1) is 0 Å². The van der Waals surface area contributed by atoms with Gasteiger partial charge < -0.3 is 25.0 Å².